The van der Waals surface area contributed by atoms with Gasteiger partial charge < -0.3 is 20.8 Å². The van der Waals surface area contributed by atoms with Crippen LogP contribution in [-0.4, -0.2) is 37.9 Å². The average molecular weight is 465 g/mol. The van der Waals surface area contributed by atoms with Crippen molar-refractivity contribution < 1.29 is 18.7 Å². The molecule has 0 spiro atoms. The molecule has 4 N–H and O–H groups in total. The molecule has 0 aliphatic rings. The van der Waals surface area contributed by atoms with E-state index in [0.717, 1.165) is 22.0 Å². The maximum absolute atomic E-state index is 12.9. The number of rotatable bonds is 10. The minimum Gasteiger partial charge on any atom is -0.458 e. The number of aromatic nitrogens is 4. The van der Waals surface area contributed by atoms with Crippen molar-refractivity contribution in [3.8, 4) is 0 Å². The highest BCUT2D eigenvalue weighted by Gasteiger charge is 2.18. The minimum atomic E-state index is -0.806. The second-order valence-electron chi connectivity index (χ2n) is 7.90. The van der Waals surface area contributed by atoms with Gasteiger partial charge in [0, 0.05) is 36.5 Å². The summed E-state index contributed by atoms with van der Waals surface area (Å²) in [6.07, 6.45) is 4.01. The van der Waals surface area contributed by atoms with Crippen LogP contribution in [0.2, 0.25) is 0 Å². The molecule has 2 aromatic heterocycles. The maximum Gasteiger partial charge on any atom is 0.323 e. The zero-order valence-electron chi connectivity index (χ0n) is 18.4. The predicted octanol–water partition coefficient (Wildman–Crippen LogP) is 2.22. The van der Waals surface area contributed by atoms with Crippen molar-refractivity contribution in [1.29, 1.82) is 0 Å². The van der Waals surface area contributed by atoms with Crippen LogP contribution in [-0.2, 0) is 40.4 Å². The van der Waals surface area contributed by atoms with E-state index in [4.69, 9.17) is 10.5 Å². The van der Waals surface area contributed by atoms with Crippen molar-refractivity contribution in [3.05, 3.63) is 83.6 Å². The Bertz CT molecular complexity index is 1270. The molecule has 2 aromatic carbocycles. The number of H-pyrrole nitrogens is 1. The van der Waals surface area contributed by atoms with Gasteiger partial charge in [0.25, 0.3) is 0 Å². The molecule has 1 atom stereocenters. The quantitative estimate of drug-likeness (QED) is 0.309. The van der Waals surface area contributed by atoms with Gasteiger partial charge in [-0.05, 0) is 29.3 Å². The van der Waals surface area contributed by atoms with Gasteiger partial charge in [-0.2, -0.15) is 0 Å². The Hall–Kier alpha value is -4.05. The molecule has 0 saturated carbocycles. The largest absolute Gasteiger partial charge is 0.458 e. The summed E-state index contributed by atoms with van der Waals surface area (Å²) < 4.78 is 19.7. The molecule has 4 aromatic rings. The second kappa shape index (κ2) is 10.7. The number of carbonyl (C=O) groups excluding carboxylic acids is 2. The molecule has 0 bridgehead atoms. The maximum atomic E-state index is 12.9. The highest BCUT2D eigenvalue weighted by Crippen LogP contribution is 2.19. The number of nitrogens with two attached hydrogens (primary N) is 1. The molecule has 2 heterocycles. The lowest BCUT2D eigenvalue weighted by atomic mass is 10.1. The monoisotopic (exact) mass is 464 g/mol. The summed E-state index contributed by atoms with van der Waals surface area (Å²) in [6, 6.07) is 12.9. The van der Waals surface area contributed by atoms with Crippen molar-refractivity contribution in [2.45, 2.75) is 38.6 Å². The summed E-state index contributed by atoms with van der Waals surface area (Å²) in [4.78, 5) is 27.5. The van der Waals surface area contributed by atoms with Crippen LogP contribution in [0.25, 0.3) is 10.9 Å². The third kappa shape index (κ3) is 6.04. The molecule has 0 unspecified atom stereocenters. The fourth-order valence-electron chi connectivity index (χ4n) is 3.49. The van der Waals surface area contributed by atoms with Gasteiger partial charge >= 0.3 is 5.97 Å². The van der Waals surface area contributed by atoms with Crippen LogP contribution < -0.4 is 11.1 Å². The number of para-hydroxylation sites is 1. The molecule has 0 saturated heterocycles. The number of esters is 1. The summed E-state index contributed by atoms with van der Waals surface area (Å²) in [5.74, 6) is -1.02. The first kappa shape index (κ1) is 23.1. The van der Waals surface area contributed by atoms with Crippen molar-refractivity contribution >= 4 is 22.8 Å². The topological polar surface area (TPSA) is 128 Å². The lowest BCUT2D eigenvalue weighted by Gasteiger charge is -2.10. The molecule has 0 radical (unpaired) electrons. The smallest absolute Gasteiger partial charge is 0.323 e. The van der Waals surface area contributed by atoms with Gasteiger partial charge in [0.05, 0.1) is 12.7 Å². The SMILES string of the molecule is N[C@H](Cc1c[nH]c2ccccc12)C(=O)OCc1cn(CCC(=O)NCc2ccc(F)cc2)nn1. The van der Waals surface area contributed by atoms with E-state index >= 15 is 0 Å². The lowest BCUT2D eigenvalue weighted by Crippen LogP contribution is -2.34. The molecule has 1 amide bonds. The highest BCUT2D eigenvalue weighted by molar-refractivity contribution is 5.84. The number of nitrogens with one attached hydrogen (secondary N) is 2. The number of nitrogens with zero attached hydrogens (tertiary/aromatic N) is 3. The fraction of sp³-hybridized carbons (Fsp3) is 0.250. The van der Waals surface area contributed by atoms with E-state index in [2.05, 4.69) is 20.6 Å². The number of fused-ring (bicyclic) bond motifs is 1. The second-order valence-corrected chi connectivity index (χ2v) is 7.90. The Morgan fingerprint density at radius 2 is 1.97 bits per heavy atom. The Kier molecular flexibility index (Phi) is 7.28. The van der Waals surface area contributed by atoms with Crippen LogP contribution in [0.15, 0.2) is 60.9 Å². The van der Waals surface area contributed by atoms with E-state index in [-0.39, 0.29) is 24.8 Å². The number of aryl methyl sites for hydroxylation is 1. The van der Waals surface area contributed by atoms with Crippen LogP contribution in [0.3, 0.4) is 0 Å². The molecular formula is C24H25FN6O3. The van der Waals surface area contributed by atoms with Crippen LogP contribution in [0.5, 0.6) is 0 Å². The molecular weight excluding hydrogens is 439 g/mol. The zero-order valence-corrected chi connectivity index (χ0v) is 18.4. The summed E-state index contributed by atoms with van der Waals surface area (Å²) in [7, 11) is 0. The van der Waals surface area contributed by atoms with Crippen LogP contribution in [0.4, 0.5) is 4.39 Å². The van der Waals surface area contributed by atoms with Crippen LogP contribution in [0.1, 0.15) is 23.2 Å². The Balaban J connectivity index is 1.19. The lowest BCUT2D eigenvalue weighted by molar-refractivity contribution is -0.146. The number of carbonyl (C=O) groups is 2. The Morgan fingerprint density at radius 3 is 2.79 bits per heavy atom. The van der Waals surface area contributed by atoms with Gasteiger partial charge in [-0.15, -0.1) is 5.10 Å². The summed E-state index contributed by atoms with van der Waals surface area (Å²) in [5.41, 5.74) is 9.23. The summed E-state index contributed by atoms with van der Waals surface area (Å²) >= 11 is 0. The highest BCUT2D eigenvalue weighted by atomic mass is 19.1. The first-order valence-corrected chi connectivity index (χ1v) is 10.9. The first-order chi connectivity index (χ1) is 16.5. The minimum absolute atomic E-state index is 0.0584. The van der Waals surface area contributed by atoms with Gasteiger partial charge in [-0.1, -0.05) is 35.5 Å². The predicted molar refractivity (Wildman–Crippen MR) is 123 cm³/mol. The molecule has 176 valence electrons. The van der Waals surface area contributed by atoms with E-state index in [0.29, 0.717) is 25.2 Å². The normalized spacial score (nSPS) is 11.9. The van der Waals surface area contributed by atoms with Gasteiger partial charge in [0.15, 0.2) is 0 Å². The van der Waals surface area contributed by atoms with E-state index in [9.17, 15) is 14.0 Å². The van der Waals surface area contributed by atoms with E-state index in [1.165, 1.54) is 16.8 Å². The fourth-order valence-corrected chi connectivity index (χ4v) is 3.49. The number of halogens is 1. The van der Waals surface area contributed by atoms with Crippen molar-refractivity contribution in [3.63, 3.8) is 0 Å². The van der Waals surface area contributed by atoms with Gasteiger partial charge in [-0.25, -0.2) is 4.39 Å². The average Bonchev–Trinajstić information content (AvgIpc) is 3.48. The Labute approximate surface area is 195 Å². The standard InChI is InChI=1S/C24H25FN6O3/c25-18-7-5-16(6-8-18)12-28-23(32)9-10-31-14-19(29-30-31)15-34-24(33)21(26)11-17-13-27-22-4-2-1-3-20(17)22/h1-8,13-14,21,27H,9-12,15,26H2,(H,28,32)/t21-/m1/s1. The number of hydrogen-bond donors (Lipinski definition) is 3. The van der Waals surface area contributed by atoms with Crippen LogP contribution >= 0.6 is 0 Å². The van der Waals surface area contributed by atoms with Crippen molar-refractivity contribution in [2.24, 2.45) is 5.73 Å². The third-order valence-corrected chi connectivity index (χ3v) is 5.34. The first-order valence-electron chi connectivity index (χ1n) is 10.9. The molecule has 34 heavy (non-hydrogen) atoms. The molecule has 0 aliphatic carbocycles. The van der Waals surface area contributed by atoms with Crippen LogP contribution in [0, 0.1) is 5.82 Å². The molecule has 0 aliphatic heterocycles. The number of benzene rings is 2. The van der Waals surface area contributed by atoms with E-state index in [1.54, 1.807) is 18.3 Å². The molecule has 4 rings (SSSR count). The van der Waals surface area contributed by atoms with Crippen molar-refractivity contribution in [1.82, 2.24) is 25.3 Å². The number of ether oxygens (including phenoxy) is 1. The van der Waals surface area contributed by atoms with Crippen molar-refractivity contribution in [2.75, 3.05) is 0 Å². The van der Waals surface area contributed by atoms with Gasteiger partial charge in [0.1, 0.15) is 24.2 Å². The molecule has 9 nitrogen and oxygen atoms in total. The number of hydrogen-bond acceptors (Lipinski definition) is 6. The van der Waals surface area contributed by atoms with E-state index in [1.807, 2.05) is 30.5 Å². The number of amides is 1. The summed E-state index contributed by atoms with van der Waals surface area (Å²) in [5, 5.41) is 11.7. The third-order valence-electron chi connectivity index (χ3n) is 5.34. The van der Waals surface area contributed by atoms with E-state index < -0.39 is 12.0 Å². The number of aromatic amines is 1. The summed E-state index contributed by atoms with van der Waals surface area (Å²) in [6.45, 7) is 0.573. The van der Waals surface area contributed by atoms with Gasteiger partial charge in [-0.3, -0.25) is 14.3 Å². The zero-order chi connectivity index (χ0) is 23.9. The Morgan fingerprint density at radius 1 is 1.18 bits per heavy atom. The molecule has 10 heteroatoms. The van der Waals surface area contributed by atoms with Gasteiger partial charge in [0.2, 0.25) is 5.91 Å². The molecule has 0 fully saturated rings.